The number of nitro benzene ring substituents is 1. The second-order valence-corrected chi connectivity index (χ2v) is 6.84. The van der Waals surface area contributed by atoms with E-state index in [1.54, 1.807) is 6.92 Å². The number of hydrogen-bond acceptors (Lipinski definition) is 4. The van der Waals surface area contributed by atoms with E-state index in [0.29, 0.717) is 0 Å². The molecule has 7 nitrogen and oxygen atoms in total. The second kappa shape index (κ2) is 8.52. The zero-order valence-electron chi connectivity index (χ0n) is 16.1. The summed E-state index contributed by atoms with van der Waals surface area (Å²) in [5.74, 6) is -0.890. The van der Waals surface area contributed by atoms with Crippen LogP contribution in [0.25, 0.3) is 10.8 Å². The highest BCUT2D eigenvalue weighted by atomic mass is 16.6. The Bertz CT molecular complexity index is 1080. The van der Waals surface area contributed by atoms with Gasteiger partial charge in [-0.25, -0.2) is 0 Å². The van der Waals surface area contributed by atoms with Gasteiger partial charge >= 0.3 is 0 Å². The number of nitrogens with one attached hydrogen (secondary N) is 2. The van der Waals surface area contributed by atoms with Crippen LogP contribution < -0.4 is 10.6 Å². The Hall–Kier alpha value is -3.74. The van der Waals surface area contributed by atoms with Gasteiger partial charge in [0.15, 0.2) is 0 Å². The number of benzene rings is 3. The number of nitrogens with zero attached hydrogens (tertiary/aromatic N) is 1. The van der Waals surface area contributed by atoms with Gasteiger partial charge in [-0.15, -0.1) is 0 Å². The molecule has 0 aromatic heterocycles. The quantitative estimate of drug-likeness (QED) is 0.494. The van der Waals surface area contributed by atoms with Gasteiger partial charge in [0, 0.05) is 17.7 Å². The topological polar surface area (TPSA) is 101 Å². The first-order valence-electron chi connectivity index (χ1n) is 9.19. The minimum Gasteiger partial charge on any atom is -0.348 e. The average molecular weight is 391 g/mol. The van der Waals surface area contributed by atoms with Crippen molar-refractivity contribution >= 4 is 28.3 Å². The Kier molecular flexibility index (Phi) is 5.87. The van der Waals surface area contributed by atoms with Crippen LogP contribution in [-0.2, 0) is 4.79 Å². The molecule has 148 valence electrons. The van der Waals surface area contributed by atoms with Crippen LogP contribution in [0.1, 0.15) is 35.8 Å². The van der Waals surface area contributed by atoms with Crippen molar-refractivity contribution in [1.82, 2.24) is 10.6 Å². The van der Waals surface area contributed by atoms with Crippen LogP contribution in [0.2, 0.25) is 0 Å². The summed E-state index contributed by atoms with van der Waals surface area (Å²) in [5, 5.41) is 18.5. The molecule has 2 amide bonds. The molecule has 3 aromatic rings. The smallest absolute Gasteiger partial charge is 0.270 e. The van der Waals surface area contributed by atoms with Crippen molar-refractivity contribution in [3.05, 3.63) is 88.0 Å². The van der Waals surface area contributed by atoms with E-state index in [9.17, 15) is 19.7 Å². The van der Waals surface area contributed by atoms with Crippen molar-refractivity contribution in [3.63, 3.8) is 0 Å². The molecule has 0 fully saturated rings. The monoisotopic (exact) mass is 391 g/mol. The highest BCUT2D eigenvalue weighted by Crippen LogP contribution is 2.20. The average Bonchev–Trinajstić information content (AvgIpc) is 2.73. The fourth-order valence-corrected chi connectivity index (χ4v) is 3.01. The first-order chi connectivity index (χ1) is 13.8. The molecule has 0 aliphatic rings. The first-order valence-corrected chi connectivity index (χ1v) is 9.19. The van der Waals surface area contributed by atoms with Gasteiger partial charge in [-0.3, -0.25) is 19.7 Å². The van der Waals surface area contributed by atoms with Crippen LogP contribution in [0.4, 0.5) is 5.69 Å². The van der Waals surface area contributed by atoms with Crippen molar-refractivity contribution in [3.8, 4) is 0 Å². The summed E-state index contributed by atoms with van der Waals surface area (Å²) in [5.41, 5.74) is 0.898. The zero-order chi connectivity index (χ0) is 21.0. The lowest BCUT2D eigenvalue weighted by molar-refractivity contribution is -0.384. The number of fused-ring (bicyclic) bond motifs is 1. The van der Waals surface area contributed by atoms with Crippen LogP contribution >= 0.6 is 0 Å². The van der Waals surface area contributed by atoms with Crippen LogP contribution in [0.5, 0.6) is 0 Å². The Morgan fingerprint density at radius 1 is 0.897 bits per heavy atom. The Balaban J connectivity index is 1.64. The molecule has 3 aromatic carbocycles. The number of non-ortho nitro benzene ring substituents is 1. The maximum Gasteiger partial charge on any atom is 0.270 e. The predicted molar refractivity (Wildman–Crippen MR) is 111 cm³/mol. The number of rotatable bonds is 6. The summed E-state index contributed by atoms with van der Waals surface area (Å²) < 4.78 is 0. The van der Waals surface area contributed by atoms with E-state index >= 15 is 0 Å². The molecule has 3 rings (SSSR count). The maximum atomic E-state index is 12.5. The van der Waals surface area contributed by atoms with E-state index in [4.69, 9.17) is 0 Å². The van der Waals surface area contributed by atoms with E-state index in [0.717, 1.165) is 16.3 Å². The molecule has 2 atom stereocenters. The Morgan fingerprint density at radius 3 is 2.34 bits per heavy atom. The number of amides is 2. The summed E-state index contributed by atoms with van der Waals surface area (Å²) in [7, 11) is 0. The minimum absolute atomic E-state index is 0.126. The number of hydrogen-bond donors (Lipinski definition) is 2. The molecule has 0 aliphatic heterocycles. The van der Waals surface area contributed by atoms with Gasteiger partial charge in [-0.2, -0.15) is 0 Å². The first kappa shape index (κ1) is 20.0. The van der Waals surface area contributed by atoms with Crippen LogP contribution in [0.15, 0.2) is 66.7 Å². The van der Waals surface area contributed by atoms with E-state index in [2.05, 4.69) is 10.6 Å². The third kappa shape index (κ3) is 4.76. The SMILES string of the molecule is CC(NC(=O)c1cccc([N+](=O)[O-])c1)C(=O)NC(C)c1ccc2ccccc2c1. The summed E-state index contributed by atoms with van der Waals surface area (Å²) in [6, 6.07) is 18.3. The van der Waals surface area contributed by atoms with Gasteiger partial charge in [-0.1, -0.05) is 42.5 Å². The molecule has 2 unspecified atom stereocenters. The normalized spacial score (nSPS) is 12.8. The van der Waals surface area contributed by atoms with Gasteiger partial charge in [0.1, 0.15) is 6.04 Å². The highest BCUT2D eigenvalue weighted by molar-refractivity contribution is 5.98. The Labute approximate surface area is 167 Å². The van der Waals surface area contributed by atoms with Crippen molar-refractivity contribution in [1.29, 1.82) is 0 Å². The van der Waals surface area contributed by atoms with Crippen LogP contribution in [-0.4, -0.2) is 22.8 Å². The van der Waals surface area contributed by atoms with Crippen molar-refractivity contribution in [2.75, 3.05) is 0 Å². The molecule has 29 heavy (non-hydrogen) atoms. The summed E-state index contributed by atoms with van der Waals surface area (Å²) >= 11 is 0. The van der Waals surface area contributed by atoms with E-state index in [1.807, 2.05) is 49.4 Å². The number of carbonyl (C=O) groups excluding carboxylic acids is 2. The standard InChI is InChI=1S/C22H21N3O4/c1-14(17-11-10-16-6-3-4-7-18(16)12-17)23-21(26)15(2)24-22(27)19-8-5-9-20(13-19)25(28)29/h3-15H,1-2H3,(H,23,26)(H,24,27). The molecule has 0 bridgehead atoms. The largest absolute Gasteiger partial charge is 0.348 e. The number of carbonyl (C=O) groups is 2. The van der Waals surface area contributed by atoms with Gasteiger partial charge in [0.25, 0.3) is 11.6 Å². The van der Waals surface area contributed by atoms with E-state index < -0.39 is 16.9 Å². The molecule has 7 heteroatoms. The molecule has 2 N–H and O–H groups in total. The summed E-state index contributed by atoms with van der Waals surface area (Å²) in [6.45, 7) is 3.44. The van der Waals surface area contributed by atoms with Gasteiger partial charge in [-0.05, 0) is 42.3 Å². The minimum atomic E-state index is -0.801. The molecule has 0 aliphatic carbocycles. The molecule has 0 saturated carbocycles. The maximum absolute atomic E-state index is 12.5. The molecular formula is C22H21N3O4. The predicted octanol–water partition coefficient (Wildman–Crippen LogP) is 3.74. The number of nitro groups is 1. The van der Waals surface area contributed by atoms with Crippen LogP contribution in [0.3, 0.4) is 0 Å². The third-order valence-electron chi connectivity index (χ3n) is 4.69. The lowest BCUT2D eigenvalue weighted by Crippen LogP contribution is -2.45. The van der Waals surface area contributed by atoms with E-state index in [-0.39, 0.29) is 23.2 Å². The summed E-state index contributed by atoms with van der Waals surface area (Å²) in [6.07, 6.45) is 0. The van der Waals surface area contributed by atoms with E-state index in [1.165, 1.54) is 24.3 Å². The zero-order valence-corrected chi connectivity index (χ0v) is 16.1. The van der Waals surface area contributed by atoms with Crippen LogP contribution in [0, 0.1) is 10.1 Å². The van der Waals surface area contributed by atoms with Crippen molar-refractivity contribution in [2.45, 2.75) is 25.9 Å². The molecule has 0 saturated heterocycles. The van der Waals surface area contributed by atoms with Gasteiger partial charge in [0.2, 0.25) is 5.91 Å². The second-order valence-electron chi connectivity index (χ2n) is 6.84. The fraction of sp³-hybridized carbons (Fsp3) is 0.182. The molecule has 0 radical (unpaired) electrons. The van der Waals surface area contributed by atoms with Gasteiger partial charge < -0.3 is 10.6 Å². The Morgan fingerprint density at radius 2 is 1.62 bits per heavy atom. The van der Waals surface area contributed by atoms with Gasteiger partial charge in [0.05, 0.1) is 11.0 Å². The fourth-order valence-electron chi connectivity index (χ4n) is 3.01. The van der Waals surface area contributed by atoms with Crippen molar-refractivity contribution < 1.29 is 14.5 Å². The van der Waals surface area contributed by atoms with Crippen molar-refractivity contribution in [2.24, 2.45) is 0 Å². The lowest BCUT2D eigenvalue weighted by atomic mass is 10.0. The molecule has 0 spiro atoms. The third-order valence-corrected chi connectivity index (χ3v) is 4.69. The highest BCUT2D eigenvalue weighted by Gasteiger charge is 2.20. The molecular weight excluding hydrogens is 370 g/mol. The summed E-state index contributed by atoms with van der Waals surface area (Å²) in [4.78, 5) is 35.1. The molecule has 0 heterocycles. The lowest BCUT2D eigenvalue weighted by Gasteiger charge is -2.19.